The maximum absolute atomic E-state index is 6.37. The van der Waals surface area contributed by atoms with Crippen molar-refractivity contribution in [1.29, 1.82) is 0 Å². The summed E-state index contributed by atoms with van der Waals surface area (Å²) in [6.45, 7) is 5.02. The molecular weight excluding hydrogens is 314 g/mol. The summed E-state index contributed by atoms with van der Waals surface area (Å²) in [5, 5.41) is 3.56. The van der Waals surface area contributed by atoms with Gasteiger partial charge in [0.25, 0.3) is 0 Å². The van der Waals surface area contributed by atoms with Gasteiger partial charge in [0.05, 0.1) is 12.2 Å². The molecule has 1 N–H and O–H groups in total. The smallest absolute Gasteiger partial charge is 0.0810 e. The van der Waals surface area contributed by atoms with Crippen molar-refractivity contribution in [2.24, 2.45) is 0 Å². The fourth-order valence-electron chi connectivity index (χ4n) is 2.88. The highest BCUT2D eigenvalue weighted by Gasteiger charge is 2.32. The predicted octanol–water partition coefficient (Wildman–Crippen LogP) is 4.67. The summed E-state index contributed by atoms with van der Waals surface area (Å²) in [5.74, 6) is 0. The van der Waals surface area contributed by atoms with Crippen molar-refractivity contribution >= 4 is 15.9 Å². The average Bonchev–Trinajstić information content (AvgIpc) is 2.48. The van der Waals surface area contributed by atoms with Crippen LogP contribution in [-0.2, 0) is 11.3 Å². The molecule has 2 rings (SSSR count). The first-order valence-corrected chi connectivity index (χ1v) is 8.62. The highest BCUT2D eigenvalue weighted by atomic mass is 79.9. The lowest BCUT2D eigenvalue weighted by molar-refractivity contribution is -0.0784. The molecule has 0 spiro atoms. The van der Waals surface area contributed by atoms with Crippen LogP contribution in [0, 0.1) is 0 Å². The second-order valence-corrected chi connectivity index (χ2v) is 6.75. The first-order chi connectivity index (χ1) is 9.74. The van der Waals surface area contributed by atoms with Gasteiger partial charge in [-0.1, -0.05) is 54.2 Å². The molecule has 3 heteroatoms. The van der Waals surface area contributed by atoms with Crippen molar-refractivity contribution in [1.82, 2.24) is 5.32 Å². The maximum atomic E-state index is 6.37. The van der Waals surface area contributed by atoms with Crippen LogP contribution in [0.5, 0.6) is 0 Å². The molecule has 1 aromatic carbocycles. The van der Waals surface area contributed by atoms with E-state index in [2.05, 4.69) is 52.4 Å². The summed E-state index contributed by atoms with van der Waals surface area (Å²) in [7, 11) is 0. The van der Waals surface area contributed by atoms with Crippen molar-refractivity contribution in [2.75, 3.05) is 13.1 Å². The monoisotopic (exact) mass is 339 g/mol. The van der Waals surface area contributed by atoms with Gasteiger partial charge in [-0.25, -0.2) is 0 Å². The first-order valence-electron chi connectivity index (χ1n) is 7.83. The zero-order valence-corrected chi connectivity index (χ0v) is 14.0. The third kappa shape index (κ3) is 4.87. The van der Waals surface area contributed by atoms with Crippen LogP contribution < -0.4 is 5.32 Å². The van der Waals surface area contributed by atoms with Crippen molar-refractivity contribution in [2.45, 2.75) is 57.7 Å². The fourth-order valence-corrected chi connectivity index (χ4v) is 3.14. The van der Waals surface area contributed by atoms with Crippen LogP contribution in [0.2, 0.25) is 0 Å². The summed E-state index contributed by atoms with van der Waals surface area (Å²) >= 11 is 3.48. The van der Waals surface area contributed by atoms with Crippen LogP contribution in [0.3, 0.4) is 0 Å². The molecule has 2 nitrogen and oxygen atoms in total. The Kier molecular flexibility index (Phi) is 6.53. The zero-order chi connectivity index (χ0) is 14.3. The van der Waals surface area contributed by atoms with Crippen molar-refractivity contribution < 1.29 is 4.74 Å². The average molecular weight is 340 g/mol. The lowest BCUT2D eigenvalue weighted by Crippen LogP contribution is -2.44. The molecule has 0 unspecified atom stereocenters. The molecule has 0 atom stereocenters. The maximum Gasteiger partial charge on any atom is 0.0810 e. The zero-order valence-electron chi connectivity index (χ0n) is 12.5. The second-order valence-electron chi connectivity index (χ2n) is 5.84. The standard InChI is InChI=1S/C17H26BrNO/c1-2-12-19-14-17(10-4-3-5-11-17)20-13-15-6-8-16(18)9-7-15/h6-9,19H,2-5,10-14H2,1H3. The molecule has 20 heavy (non-hydrogen) atoms. The quantitative estimate of drug-likeness (QED) is 0.729. The number of halogens is 1. The molecule has 1 aliphatic carbocycles. The second kappa shape index (κ2) is 8.16. The number of nitrogens with one attached hydrogen (secondary N) is 1. The van der Waals surface area contributed by atoms with Crippen LogP contribution in [0.4, 0.5) is 0 Å². The molecule has 0 heterocycles. The normalized spacial score (nSPS) is 18.1. The van der Waals surface area contributed by atoms with Gasteiger partial charge in [-0.2, -0.15) is 0 Å². The van der Waals surface area contributed by atoms with E-state index in [4.69, 9.17) is 4.74 Å². The molecule has 1 aromatic rings. The molecule has 0 aromatic heterocycles. The summed E-state index contributed by atoms with van der Waals surface area (Å²) in [5.41, 5.74) is 1.31. The predicted molar refractivity (Wildman–Crippen MR) is 87.9 cm³/mol. The topological polar surface area (TPSA) is 21.3 Å². The number of hydrogen-bond acceptors (Lipinski definition) is 2. The van der Waals surface area contributed by atoms with E-state index >= 15 is 0 Å². The van der Waals surface area contributed by atoms with E-state index in [1.807, 2.05) is 0 Å². The van der Waals surface area contributed by atoms with Crippen LogP contribution in [-0.4, -0.2) is 18.7 Å². The third-order valence-corrected chi connectivity index (χ3v) is 4.63. The molecule has 0 radical (unpaired) electrons. The molecule has 112 valence electrons. The van der Waals surface area contributed by atoms with Gasteiger partial charge < -0.3 is 10.1 Å². The van der Waals surface area contributed by atoms with Gasteiger partial charge in [0.1, 0.15) is 0 Å². The minimum absolute atomic E-state index is 0.0560. The molecule has 1 fully saturated rings. The molecule has 0 aliphatic heterocycles. The van der Waals surface area contributed by atoms with Gasteiger partial charge >= 0.3 is 0 Å². The largest absolute Gasteiger partial charge is 0.369 e. The van der Waals surface area contributed by atoms with E-state index in [9.17, 15) is 0 Å². The van der Waals surface area contributed by atoms with Crippen molar-refractivity contribution in [3.63, 3.8) is 0 Å². The first kappa shape index (κ1) is 16.0. The summed E-state index contributed by atoms with van der Waals surface area (Å²) in [6, 6.07) is 8.45. The Balaban J connectivity index is 1.91. The van der Waals surface area contributed by atoms with E-state index in [0.717, 1.165) is 24.2 Å². The van der Waals surface area contributed by atoms with Gasteiger partial charge in [0.2, 0.25) is 0 Å². The Hall–Kier alpha value is -0.380. The summed E-state index contributed by atoms with van der Waals surface area (Å²) < 4.78 is 7.49. The Morgan fingerprint density at radius 1 is 1.15 bits per heavy atom. The van der Waals surface area contributed by atoms with E-state index in [-0.39, 0.29) is 5.60 Å². The van der Waals surface area contributed by atoms with Gasteiger partial charge in [0, 0.05) is 11.0 Å². The molecule has 0 saturated heterocycles. The molecule has 1 saturated carbocycles. The number of hydrogen-bond donors (Lipinski definition) is 1. The number of rotatable bonds is 7. The lowest BCUT2D eigenvalue weighted by Gasteiger charge is -2.37. The Bertz CT molecular complexity index is 384. The van der Waals surface area contributed by atoms with E-state index in [1.165, 1.54) is 44.1 Å². The van der Waals surface area contributed by atoms with Crippen molar-refractivity contribution in [3.8, 4) is 0 Å². The van der Waals surface area contributed by atoms with Crippen LogP contribution in [0.15, 0.2) is 28.7 Å². The SMILES string of the molecule is CCCNCC1(OCc2ccc(Br)cc2)CCCCC1. The minimum Gasteiger partial charge on any atom is -0.369 e. The van der Waals surface area contributed by atoms with Gasteiger partial charge in [0.15, 0.2) is 0 Å². The number of ether oxygens (including phenoxy) is 1. The van der Waals surface area contributed by atoms with Crippen LogP contribution in [0.25, 0.3) is 0 Å². The Morgan fingerprint density at radius 2 is 1.85 bits per heavy atom. The van der Waals surface area contributed by atoms with Gasteiger partial charge in [-0.15, -0.1) is 0 Å². The van der Waals surface area contributed by atoms with Crippen LogP contribution >= 0.6 is 15.9 Å². The minimum atomic E-state index is 0.0560. The third-order valence-electron chi connectivity index (χ3n) is 4.10. The lowest BCUT2D eigenvalue weighted by atomic mass is 9.84. The van der Waals surface area contributed by atoms with E-state index in [1.54, 1.807) is 0 Å². The molecule has 0 amide bonds. The van der Waals surface area contributed by atoms with Gasteiger partial charge in [-0.05, 0) is 43.5 Å². The van der Waals surface area contributed by atoms with E-state index in [0.29, 0.717) is 0 Å². The summed E-state index contributed by atoms with van der Waals surface area (Å²) in [6.07, 6.45) is 7.53. The molecule has 1 aliphatic rings. The Labute approximate surface area is 131 Å². The Morgan fingerprint density at radius 3 is 2.50 bits per heavy atom. The van der Waals surface area contributed by atoms with E-state index < -0.39 is 0 Å². The highest BCUT2D eigenvalue weighted by molar-refractivity contribution is 9.10. The molecular formula is C17H26BrNO. The van der Waals surface area contributed by atoms with Gasteiger partial charge in [-0.3, -0.25) is 0 Å². The highest BCUT2D eigenvalue weighted by Crippen LogP contribution is 2.32. The van der Waals surface area contributed by atoms with Crippen LogP contribution in [0.1, 0.15) is 51.0 Å². The molecule has 0 bridgehead atoms. The van der Waals surface area contributed by atoms with Crippen molar-refractivity contribution in [3.05, 3.63) is 34.3 Å². The fraction of sp³-hybridized carbons (Fsp3) is 0.647. The summed E-state index contributed by atoms with van der Waals surface area (Å²) in [4.78, 5) is 0. The number of benzene rings is 1.